The Labute approximate surface area is 109 Å². The first-order valence-electron chi connectivity index (χ1n) is 5.91. The van der Waals surface area contributed by atoms with E-state index in [1.165, 1.54) is 25.7 Å². The van der Waals surface area contributed by atoms with Crippen molar-refractivity contribution in [1.29, 1.82) is 0 Å². The van der Waals surface area contributed by atoms with E-state index in [1.807, 2.05) is 0 Å². The second kappa shape index (κ2) is 19.3. The van der Waals surface area contributed by atoms with Gasteiger partial charge >= 0.3 is 7.82 Å². The monoisotopic (exact) mass is 290 g/mol. The van der Waals surface area contributed by atoms with Crippen LogP contribution >= 0.6 is 7.82 Å². The Kier molecular flexibility index (Phi) is 24.8. The summed E-state index contributed by atoms with van der Waals surface area (Å²) < 4.78 is 14.2. The summed E-state index contributed by atoms with van der Waals surface area (Å²) in [5, 5.41) is 15.2. The number of ether oxygens (including phenoxy) is 1. The number of unbranched alkanes of at least 4 members (excludes halogenated alkanes) is 2. The maximum Gasteiger partial charge on any atom is 0.466 e. The second-order valence-corrected chi connectivity index (χ2v) is 4.31. The predicted molar refractivity (Wildman–Crippen MR) is 69.1 cm³/mol. The molecule has 0 heterocycles. The Morgan fingerprint density at radius 1 is 0.889 bits per heavy atom. The summed E-state index contributed by atoms with van der Waals surface area (Å²) in [5.74, 6) is 0. The fraction of sp³-hybridized carbons (Fsp3) is 1.00. The highest BCUT2D eigenvalue weighted by Gasteiger charge is 2.00. The van der Waals surface area contributed by atoms with Crippen LogP contribution in [-0.4, -0.2) is 51.3 Å². The average molecular weight is 290 g/mol. The van der Waals surface area contributed by atoms with E-state index in [-0.39, 0.29) is 13.2 Å². The molecule has 0 aromatic heterocycles. The van der Waals surface area contributed by atoms with Crippen LogP contribution in [0.25, 0.3) is 0 Å². The smallest absolute Gasteiger partial charge is 0.394 e. The van der Waals surface area contributed by atoms with Gasteiger partial charge in [-0.1, -0.05) is 26.7 Å². The highest BCUT2D eigenvalue weighted by atomic mass is 31.2. The quantitative estimate of drug-likeness (QED) is 0.344. The van der Waals surface area contributed by atoms with Crippen LogP contribution in [0.4, 0.5) is 0 Å². The van der Waals surface area contributed by atoms with Crippen molar-refractivity contribution in [3.8, 4) is 0 Å². The molecule has 18 heavy (non-hydrogen) atoms. The van der Waals surface area contributed by atoms with Gasteiger partial charge in [0.05, 0.1) is 13.2 Å². The van der Waals surface area contributed by atoms with Gasteiger partial charge in [0.1, 0.15) is 0 Å². The van der Waals surface area contributed by atoms with E-state index in [1.54, 1.807) is 0 Å². The molecule has 0 unspecified atom stereocenters. The lowest BCUT2D eigenvalue weighted by Crippen LogP contribution is -1.95. The van der Waals surface area contributed by atoms with Gasteiger partial charge in [-0.3, -0.25) is 0 Å². The molecule has 0 aromatic carbocycles. The summed E-state index contributed by atoms with van der Waals surface area (Å²) >= 11 is 0. The van der Waals surface area contributed by atoms with Crippen LogP contribution in [0.5, 0.6) is 0 Å². The first-order valence-corrected chi connectivity index (χ1v) is 7.47. The summed E-state index contributed by atoms with van der Waals surface area (Å²) in [7, 11) is -4.64. The Balaban J connectivity index is -0.000000212. The molecule has 0 fully saturated rings. The van der Waals surface area contributed by atoms with Crippen molar-refractivity contribution < 1.29 is 34.2 Å². The van der Waals surface area contributed by atoms with Crippen molar-refractivity contribution >= 4 is 7.82 Å². The summed E-state index contributed by atoms with van der Waals surface area (Å²) in [5.41, 5.74) is 0. The molecule has 0 aliphatic carbocycles. The molecule has 0 aliphatic rings. The number of hydrogen-bond donors (Lipinski definition) is 5. The molecule has 7 nitrogen and oxygen atoms in total. The van der Waals surface area contributed by atoms with Crippen LogP contribution in [0.2, 0.25) is 0 Å². The van der Waals surface area contributed by atoms with Crippen molar-refractivity contribution in [3.63, 3.8) is 0 Å². The van der Waals surface area contributed by atoms with E-state index in [0.717, 1.165) is 13.2 Å². The van der Waals surface area contributed by atoms with Crippen LogP contribution < -0.4 is 0 Å². The number of rotatable bonds is 7. The third kappa shape index (κ3) is 73.5. The highest BCUT2D eigenvalue weighted by molar-refractivity contribution is 7.45. The van der Waals surface area contributed by atoms with Crippen LogP contribution in [0, 0.1) is 0 Å². The predicted octanol–water partition coefficient (Wildman–Crippen LogP) is 0.646. The fourth-order valence-electron chi connectivity index (χ4n) is 0.595. The van der Waals surface area contributed by atoms with E-state index in [4.69, 9.17) is 34.2 Å². The lowest BCUT2D eigenvalue weighted by Gasteiger charge is -1.99. The molecular formula is C10H27O7P. The SMILES string of the molecule is CCCCOCCCC.O=P(O)(O)O.OCCO. The number of aliphatic hydroxyl groups excluding tert-OH is 2. The summed E-state index contributed by atoms with van der Waals surface area (Å²) in [6.07, 6.45) is 4.91. The van der Waals surface area contributed by atoms with E-state index in [0.29, 0.717) is 0 Å². The van der Waals surface area contributed by atoms with Crippen LogP contribution in [-0.2, 0) is 9.30 Å². The van der Waals surface area contributed by atoms with Gasteiger partial charge in [-0.25, -0.2) is 4.57 Å². The molecular weight excluding hydrogens is 263 g/mol. The molecule has 8 heteroatoms. The zero-order chi connectivity index (χ0) is 14.9. The Bertz CT molecular complexity index is 155. The molecule has 0 rings (SSSR count). The summed E-state index contributed by atoms with van der Waals surface area (Å²) in [4.78, 5) is 21.6. The molecule has 0 amide bonds. The zero-order valence-electron chi connectivity index (χ0n) is 11.2. The van der Waals surface area contributed by atoms with Gasteiger partial charge in [0.25, 0.3) is 0 Å². The molecule has 5 N–H and O–H groups in total. The molecule has 0 aliphatic heterocycles. The minimum atomic E-state index is -4.64. The summed E-state index contributed by atoms with van der Waals surface area (Å²) in [6.45, 7) is 6.03. The van der Waals surface area contributed by atoms with Crippen LogP contribution in [0.1, 0.15) is 39.5 Å². The number of hydrogen-bond acceptors (Lipinski definition) is 4. The molecule has 114 valence electrons. The van der Waals surface area contributed by atoms with Crippen molar-refractivity contribution in [2.24, 2.45) is 0 Å². The normalized spacial score (nSPS) is 9.94. The molecule has 0 radical (unpaired) electrons. The van der Waals surface area contributed by atoms with Gasteiger partial charge < -0.3 is 29.6 Å². The first-order chi connectivity index (χ1) is 8.33. The van der Waals surface area contributed by atoms with Gasteiger partial charge in [0, 0.05) is 13.2 Å². The van der Waals surface area contributed by atoms with Crippen molar-refractivity contribution in [2.45, 2.75) is 39.5 Å². The standard InChI is InChI=1S/C8H18O.C2H6O2.H3O4P/c1-3-5-7-9-8-6-4-2;3-1-2-4;1-5(2,3)4/h3-8H2,1-2H3;3-4H,1-2H2;(H3,1,2,3,4). The largest absolute Gasteiger partial charge is 0.466 e. The number of aliphatic hydroxyl groups is 2. The van der Waals surface area contributed by atoms with Crippen LogP contribution in [0.3, 0.4) is 0 Å². The Morgan fingerprint density at radius 3 is 1.33 bits per heavy atom. The van der Waals surface area contributed by atoms with E-state index in [9.17, 15) is 0 Å². The maximum atomic E-state index is 8.88. The van der Waals surface area contributed by atoms with E-state index < -0.39 is 7.82 Å². The number of phosphoric acid groups is 1. The molecule has 0 atom stereocenters. The van der Waals surface area contributed by atoms with Crippen molar-refractivity contribution in [2.75, 3.05) is 26.4 Å². The molecule has 0 spiro atoms. The second-order valence-electron chi connectivity index (χ2n) is 3.28. The average Bonchev–Trinajstić information content (AvgIpc) is 2.27. The highest BCUT2D eigenvalue weighted by Crippen LogP contribution is 2.25. The van der Waals surface area contributed by atoms with Crippen molar-refractivity contribution in [3.05, 3.63) is 0 Å². The lowest BCUT2D eigenvalue weighted by atomic mass is 10.3. The molecule has 0 saturated heterocycles. The molecule has 0 aromatic rings. The van der Waals surface area contributed by atoms with E-state index in [2.05, 4.69) is 13.8 Å². The van der Waals surface area contributed by atoms with E-state index >= 15 is 0 Å². The molecule has 0 bridgehead atoms. The van der Waals surface area contributed by atoms with Gasteiger partial charge in [-0.2, -0.15) is 0 Å². The van der Waals surface area contributed by atoms with Gasteiger partial charge in [0.15, 0.2) is 0 Å². The van der Waals surface area contributed by atoms with Crippen molar-refractivity contribution in [1.82, 2.24) is 0 Å². The zero-order valence-corrected chi connectivity index (χ0v) is 12.1. The maximum absolute atomic E-state index is 8.88. The fourth-order valence-corrected chi connectivity index (χ4v) is 0.595. The third-order valence-electron chi connectivity index (χ3n) is 1.38. The van der Waals surface area contributed by atoms with Gasteiger partial charge in [-0.15, -0.1) is 0 Å². The third-order valence-corrected chi connectivity index (χ3v) is 1.38. The van der Waals surface area contributed by atoms with Gasteiger partial charge in [0.2, 0.25) is 0 Å². The van der Waals surface area contributed by atoms with Gasteiger partial charge in [-0.05, 0) is 12.8 Å². The first kappa shape index (κ1) is 23.1. The topological polar surface area (TPSA) is 127 Å². The Morgan fingerprint density at radius 2 is 1.17 bits per heavy atom. The summed E-state index contributed by atoms with van der Waals surface area (Å²) in [6, 6.07) is 0. The van der Waals surface area contributed by atoms with Crippen LogP contribution in [0.15, 0.2) is 0 Å². The lowest BCUT2D eigenvalue weighted by molar-refractivity contribution is 0.128. The Hall–Kier alpha value is -0.0100. The minimum Gasteiger partial charge on any atom is -0.394 e. The molecule has 0 saturated carbocycles. The minimum absolute atomic E-state index is 0.125.